The number of hydrogen-bond acceptors (Lipinski definition) is 9. The molecule has 1 heterocycles. The third-order valence-electron chi connectivity index (χ3n) is 8.95. The molecule has 6 atom stereocenters. The Labute approximate surface area is 293 Å². The van der Waals surface area contributed by atoms with Crippen LogP contribution in [-0.4, -0.2) is 64.4 Å². The van der Waals surface area contributed by atoms with Gasteiger partial charge in [0.05, 0.1) is 24.9 Å². The van der Waals surface area contributed by atoms with Crippen LogP contribution in [0.5, 0.6) is 5.75 Å². The van der Waals surface area contributed by atoms with Gasteiger partial charge in [-0.05, 0) is 71.6 Å². The van der Waals surface area contributed by atoms with Crippen molar-refractivity contribution in [1.29, 1.82) is 0 Å². The van der Waals surface area contributed by atoms with Crippen molar-refractivity contribution in [1.82, 2.24) is 10.2 Å². The Morgan fingerprint density at radius 1 is 0.900 bits per heavy atom. The van der Waals surface area contributed by atoms with Crippen LogP contribution in [0.1, 0.15) is 67.1 Å². The van der Waals surface area contributed by atoms with E-state index in [-0.39, 0.29) is 42.9 Å². The first kappa shape index (κ1) is 36.7. The minimum Gasteiger partial charge on any atom is -0.508 e. The monoisotopic (exact) mass is 682 g/mol. The van der Waals surface area contributed by atoms with Gasteiger partial charge in [-0.2, -0.15) is 0 Å². The van der Waals surface area contributed by atoms with E-state index in [0.29, 0.717) is 18.7 Å². The van der Waals surface area contributed by atoms with Crippen LogP contribution in [0.25, 0.3) is 11.1 Å². The van der Waals surface area contributed by atoms with Gasteiger partial charge in [0.1, 0.15) is 5.75 Å². The lowest BCUT2D eigenvalue weighted by Crippen LogP contribution is -2.44. The van der Waals surface area contributed by atoms with Gasteiger partial charge in [0.25, 0.3) is 5.91 Å². The maximum atomic E-state index is 12.4. The summed E-state index contributed by atoms with van der Waals surface area (Å²) in [4.78, 5) is 25.6. The molecule has 264 valence electrons. The summed E-state index contributed by atoms with van der Waals surface area (Å²) < 4.78 is 18.3. The van der Waals surface area contributed by atoms with E-state index in [9.17, 15) is 24.9 Å². The van der Waals surface area contributed by atoms with Crippen molar-refractivity contribution in [2.45, 2.75) is 64.6 Å². The molecule has 0 aliphatic carbocycles. The van der Waals surface area contributed by atoms with Crippen molar-refractivity contribution in [2.75, 3.05) is 20.1 Å². The van der Waals surface area contributed by atoms with E-state index < -0.39 is 24.5 Å². The molecule has 1 aliphatic rings. The number of benzene rings is 4. The highest BCUT2D eigenvalue weighted by Gasteiger charge is 2.39. The number of amides is 1. The van der Waals surface area contributed by atoms with Gasteiger partial charge in [0.2, 0.25) is 0 Å². The Kier molecular flexibility index (Phi) is 12.4. The molecule has 0 saturated carbocycles. The molecule has 0 bridgehead atoms. The number of esters is 1. The number of phenolic OH excluding ortho intramolecular Hbond substituents is 1. The molecule has 4 aromatic carbocycles. The summed E-state index contributed by atoms with van der Waals surface area (Å²) in [6, 6.07) is 30.2. The quantitative estimate of drug-likeness (QED) is 0.133. The minimum atomic E-state index is -0.881. The fourth-order valence-electron chi connectivity index (χ4n) is 6.20. The highest BCUT2D eigenvalue weighted by molar-refractivity contribution is 5.82. The van der Waals surface area contributed by atoms with Crippen molar-refractivity contribution in [3.8, 4) is 16.9 Å². The molecule has 4 aromatic rings. The number of carbonyl (C=O) groups is 2. The number of carbonyl (C=O) groups excluding carboxylic acids is 2. The van der Waals surface area contributed by atoms with Crippen molar-refractivity contribution >= 4 is 11.9 Å². The van der Waals surface area contributed by atoms with Gasteiger partial charge < -0.3 is 39.7 Å². The van der Waals surface area contributed by atoms with Gasteiger partial charge in [0, 0.05) is 38.0 Å². The molecule has 5 rings (SSSR count). The maximum absolute atomic E-state index is 12.4. The van der Waals surface area contributed by atoms with E-state index in [1.807, 2.05) is 84.7 Å². The summed E-state index contributed by atoms with van der Waals surface area (Å²) in [6.07, 6.45) is -2.93. The number of ether oxygens (including phenoxy) is 3. The molecule has 4 N–H and O–H groups in total. The molecular weight excluding hydrogens is 636 g/mol. The summed E-state index contributed by atoms with van der Waals surface area (Å²) in [5.41, 5.74) is 6.05. The Morgan fingerprint density at radius 2 is 1.60 bits per heavy atom. The first-order valence-electron chi connectivity index (χ1n) is 16.8. The average Bonchev–Trinajstić information content (AvgIpc) is 3.11. The normalized spacial score (nSPS) is 20.2. The van der Waals surface area contributed by atoms with Crippen LogP contribution >= 0.6 is 0 Å². The Hall–Kier alpha value is -4.58. The molecule has 0 spiro atoms. The van der Waals surface area contributed by atoms with Gasteiger partial charge in [-0.25, -0.2) is 0 Å². The largest absolute Gasteiger partial charge is 0.508 e. The molecule has 0 aromatic heterocycles. The molecular formula is C40H46N2O8. The van der Waals surface area contributed by atoms with Crippen LogP contribution in [0.4, 0.5) is 0 Å². The predicted octanol–water partition coefficient (Wildman–Crippen LogP) is 5.58. The van der Waals surface area contributed by atoms with E-state index in [4.69, 9.17) is 14.2 Å². The second-order valence-electron chi connectivity index (χ2n) is 12.9. The third kappa shape index (κ3) is 9.56. The van der Waals surface area contributed by atoms with Crippen molar-refractivity contribution in [3.63, 3.8) is 0 Å². The number of aromatic hydroxyl groups is 1. The Balaban J connectivity index is 1.35. The summed E-state index contributed by atoms with van der Waals surface area (Å²) in [5, 5.41) is 33.2. The van der Waals surface area contributed by atoms with E-state index in [2.05, 4.69) is 12.2 Å². The van der Waals surface area contributed by atoms with E-state index in [1.165, 1.54) is 13.8 Å². The van der Waals surface area contributed by atoms with Crippen LogP contribution in [0.2, 0.25) is 0 Å². The fourth-order valence-corrected chi connectivity index (χ4v) is 6.20. The lowest BCUT2D eigenvalue weighted by molar-refractivity contribution is -0.276. The number of nitrogens with one attached hydrogen (secondary N) is 1. The molecule has 6 unspecified atom stereocenters. The Bertz CT molecular complexity index is 1750. The van der Waals surface area contributed by atoms with Crippen LogP contribution < -0.4 is 5.32 Å². The molecule has 10 heteroatoms. The molecule has 1 amide bonds. The summed E-state index contributed by atoms with van der Waals surface area (Å²) in [5.74, 6) is -0.827. The number of aliphatic hydroxyl groups is 2. The zero-order valence-corrected chi connectivity index (χ0v) is 28.9. The molecule has 10 nitrogen and oxygen atoms in total. The summed E-state index contributed by atoms with van der Waals surface area (Å²) in [6.45, 7) is 5.99. The highest BCUT2D eigenvalue weighted by Crippen LogP contribution is 2.42. The van der Waals surface area contributed by atoms with Gasteiger partial charge in [-0.15, -0.1) is 0 Å². The maximum Gasteiger partial charge on any atom is 0.303 e. The van der Waals surface area contributed by atoms with Gasteiger partial charge in [0.15, 0.2) is 12.4 Å². The number of likely N-dealkylation sites (N-methyl/N-ethyl adjacent to an activating group) is 1. The summed E-state index contributed by atoms with van der Waals surface area (Å²) in [7, 11) is 1.94. The standard InChI is InChI=1S/C40H46N2O8/c1-25-37(23-42(4)22-36(46)33-11-7-13-35(45)20-33)49-40(50-38(25)30-16-14-28(24-43)15-17-30)34-12-6-10-32(19-34)31-9-5-8-29(18-31)21-41-39(47)26(2)48-27(3)44/h5-20,25-26,36-38,40,43,45-46H,21-24H2,1-4H3,(H,41,47). The Morgan fingerprint density at radius 3 is 2.30 bits per heavy atom. The lowest BCUT2D eigenvalue weighted by Gasteiger charge is -2.42. The number of hydrogen-bond donors (Lipinski definition) is 4. The SMILES string of the molecule is CC(=O)OC(C)C(=O)NCc1cccc(-c2cccc(C3OC(CN(C)CC(O)c4cccc(O)c4)C(C)C(c4ccc(CO)cc4)O3)c2)c1. The first-order chi connectivity index (χ1) is 24.0. The average molecular weight is 683 g/mol. The highest BCUT2D eigenvalue weighted by atomic mass is 16.7. The van der Waals surface area contributed by atoms with Gasteiger partial charge in [-0.1, -0.05) is 79.7 Å². The number of rotatable bonds is 13. The van der Waals surface area contributed by atoms with Gasteiger partial charge in [-0.3, -0.25) is 9.59 Å². The van der Waals surface area contributed by atoms with E-state index in [0.717, 1.165) is 33.4 Å². The van der Waals surface area contributed by atoms with E-state index >= 15 is 0 Å². The topological polar surface area (TPSA) is 138 Å². The molecule has 1 aliphatic heterocycles. The lowest BCUT2D eigenvalue weighted by atomic mass is 9.89. The second kappa shape index (κ2) is 16.9. The smallest absolute Gasteiger partial charge is 0.303 e. The van der Waals surface area contributed by atoms with Gasteiger partial charge >= 0.3 is 5.97 Å². The minimum absolute atomic E-state index is 0.0458. The van der Waals surface area contributed by atoms with Crippen LogP contribution in [0, 0.1) is 5.92 Å². The van der Waals surface area contributed by atoms with Crippen LogP contribution in [0.3, 0.4) is 0 Å². The van der Waals surface area contributed by atoms with E-state index in [1.54, 1.807) is 24.3 Å². The molecule has 50 heavy (non-hydrogen) atoms. The van der Waals surface area contributed by atoms with Crippen molar-refractivity contribution in [2.24, 2.45) is 5.92 Å². The van der Waals surface area contributed by atoms with Crippen LogP contribution in [-0.2, 0) is 37.0 Å². The summed E-state index contributed by atoms with van der Waals surface area (Å²) >= 11 is 0. The second-order valence-corrected chi connectivity index (χ2v) is 12.9. The first-order valence-corrected chi connectivity index (χ1v) is 16.8. The number of nitrogens with zero attached hydrogens (tertiary/aromatic N) is 1. The molecule has 1 saturated heterocycles. The molecule has 0 radical (unpaired) electrons. The molecule has 1 fully saturated rings. The van der Waals surface area contributed by atoms with Crippen LogP contribution in [0.15, 0.2) is 97.1 Å². The fraction of sp³-hybridized carbons (Fsp3) is 0.350. The number of phenols is 1. The third-order valence-corrected chi connectivity index (χ3v) is 8.95. The van der Waals surface area contributed by atoms with Crippen molar-refractivity contribution < 1.29 is 39.1 Å². The van der Waals surface area contributed by atoms with Crippen molar-refractivity contribution in [3.05, 3.63) is 125 Å². The predicted molar refractivity (Wildman–Crippen MR) is 188 cm³/mol. The zero-order chi connectivity index (χ0) is 35.8. The number of aliphatic hydroxyl groups excluding tert-OH is 2. The zero-order valence-electron chi connectivity index (χ0n) is 28.9.